The molecule has 0 amide bonds. The molecule has 0 aliphatic rings. The highest BCUT2D eigenvalue weighted by Crippen LogP contribution is 2.37. The zero-order valence-electron chi connectivity index (χ0n) is 12.5. The Hall–Kier alpha value is -2.10. The molecule has 0 aliphatic carbocycles. The van der Waals surface area contributed by atoms with Crippen molar-refractivity contribution in [3.05, 3.63) is 29.5 Å². The van der Waals surface area contributed by atoms with Gasteiger partial charge in [-0.1, -0.05) is 4.98 Å². The number of ether oxygens (including phenoxy) is 1. The number of H-pyrrole nitrogens is 1. The summed E-state index contributed by atoms with van der Waals surface area (Å²) in [5.41, 5.74) is -3.48. The van der Waals surface area contributed by atoms with Gasteiger partial charge < -0.3 is 10.1 Å². The minimum absolute atomic E-state index is 0.0157. The first-order valence-corrected chi connectivity index (χ1v) is 6.87. The van der Waals surface area contributed by atoms with Crippen LogP contribution in [0.3, 0.4) is 0 Å². The second kappa shape index (κ2) is 6.80. The van der Waals surface area contributed by atoms with Crippen LogP contribution in [0, 0.1) is 0 Å². The number of hydrogen-bond donors (Lipinski definition) is 1. The number of nitrogens with one attached hydrogen (secondary N) is 2. The van der Waals surface area contributed by atoms with Crippen molar-refractivity contribution in [2.24, 2.45) is 0 Å². The Kier molecular flexibility index (Phi) is 5.16. The van der Waals surface area contributed by atoms with Crippen LogP contribution in [0.1, 0.15) is 17.7 Å². The molecule has 0 atom stereocenters. The van der Waals surface area contributed by atoms with E-state index < -0.39 is 34.6 Å². The highest BCUT2D eigenvalue weighted by atomic mass is 19.4. The maximum Gasteiger partial charge on any atom is 0.449 e. The van der Waals surface area contributed by atoms with Crippen LogP contribution in [-0.2, 0) is 17.1 Å². The van der Waals surface area contributed by atoms with Crippen molar-refractivity contribution >= 4 is 16.9 Å². The minimum atomic E-state index is -4.98. The van der Waals surface area contributed by atoms with E-state index in [-0.39, 0.29) is 11.9 Å². The predicted octanol–water partition coefficient (Wildman–Crippen LogP) is 3.53. The molecule has 0 fully saturated rings. The summed E-state index contributed by atoms with van der Waals surface area (Å²) in [7, 11) is 1.52. The molecule has 2 rings (SSSR count). The zero-order chi connectivity index (χ0) is 18.0. The summed E-state index contributed by atoms with van der Waals surface area (Å²) in [5.74, 6) is 0.263. The summed E-state index contributed by atoms with van der Waals surface area (Å²) in [6.07, 6.45) is -9.29. The second-order valence-corrected chi connectivity index (χ2v) is 4.96. The van der Waals surface area contributed by atoms with E-state index in [1.807, 2.05) is 0 Å². The number of hydrogen-bond acceptors (Lipinski definition) is 3. The maximum absolute atomic E-state index is 13.0. The van der Waals surface area contributed by atoms with Crippen molar-refractivity contribution in [1.29, 1.82) is 0 Å². The molecule has 132 valence electrons. The summed E-state index contributed by atoms with van der Waals surface area (Å²) >= 11 is 0. The average molecular weight is 354 g/mol. The first-order valence-electron chi connectivity index (χ1n) is 6.87. The van der Waals surface area contributed by atoms with Gasteiger partial charge in [0.1, 0.15) is 0 Å². The fraction of sp³-hybridized carbons (Fsp3) is 0.429. The van der Waals surface area contributed by atoms with Crippen molar-refractivity contribution < 1.29 is 36.1 Å². The van der Waals surface area contributed by atoms with E-state index in [1.54, 1.807) is 0 Å². The molecule has 0 bridgehead atoms. The van der Waals surface area contributed by atoms with E-state index >= 15 is 0 Å². The molecule has 0 saturated heterocycles. The van der Waals surface area contributed by atoms with Crippen LogP contribution >= 0.6 is 0 Å². The number of aromatic nitrogens is 2. The van der Waals surface area contributed by atoms with Crippen LogP contribution in [0.4, 0.5) is 32.2 Å². The minimum Gasteiger partial charge on any atom is -0.385 e. The molecule has 4 nitrogen and oxygen atoms in total. The highest BCUT2D eigenvalue weighted by Gasteiger charge is 2.41. The summed E-state index contributed by atoms with van der Waals surface area (Å²) in [5, 5.41) is 2.42. The van der Waals surface area contributed by atoms with Crippen LogP contribution in [0.2, 0.25) is 0 Å². The third kappa shape index (κ3) is 4.25. The Bertz CT molecular complexity index is 714. The van der Waals surface area contributed by atoms with Gasteiger partial charge in [0.2, 0.25) is 11.5 Å². The third-order valence-electron chi connectivity index (χ3n) is 3.16. The van der Waals surface area contributed by atoms with Gasteiger partial charge in [-0.3, -0.25) is 0 Å². The van der Waals surface area contributed by atoms with Crippen molar-refractivity contribution in [2.45, 2.75) is 18.8 Å². The largest absolute Gasteiger partial charge is 0.449 e. The van der Waals surface area contributed by atoms with Gasteiger partial charge in [-0.05, 0) is 12.1 Å². The molecular formula is C14H14F6N3O+. The first-order chi connectivity index (χ1) is 11.1. The topological polar surface area (TPSA) is 48.3 Å². The van der Waals surface area contributed by atoms with Gasteiger partial charge in [-0.2, -0.15) is 26.3 Å². The molecule has 0 aliphatic heterocycles. The number of fused-ring (bicyclic) bond motifs is 1. The van der Waals surface area contributed by atoms with Crippen molar-refractivity contribution in [2.75, 3.05) is 25.6 Å². The lowest BCUT2D eigenvalue weighted by Gasteiger charge is -2.11. The normalized spacial score (nSPS) is 12.6. The molecule has 0 spiro atoms. The van der Waals surface area contributed by atoms with Gasteiger partial charge in [0.15, 0.2) is 0 Å². The average Bonchev–Trinajstić information content (AvgIpc) is 2.48. The molecule has 2 heterocycles. The number of halogens is 6. The molecule has 24 heavy (non-hydrogen) atoms. The fourth-order valence-corrected chi connectivity index (χ4v) is 2.08. The number of alkyl halides is 6. The Morgan fingerprint density at radius 2 is 1.83 bits per heavy atom. The van der Waals surface area contributed by atoms with Crippen molar-refractivity contribution in [1.82, 2.24) is 4.98 Å². The van der Waals surface area contributed by atoms with Crippen LogP contribution < -0.4 is 10.3 Å². The quantitative estimate of drug-likeness (QED) is 0.660. The summed E-state index contributed by atoms with van der Waals surface area (Å²) < 4.78 is 82.3. The maximum atomic E-state index is 13.0. The van der Waals surface area contributed by atoms with E-state index in [1.165, 1.54) is 13.2 Å². The van der Waals surface area contributed by atoms with E-state index in [9.17, 15) is 26.3 Å². The lowest BCUT2D eigenvalue weighted by molar-refractivity contribution is -0.331. The SMILES string of the molecule is COCCCNc1ccc2c(C(F)(F)F)cc(C(F)(F)F)nc2[nH+]1. The van der Waals surface area contributed by atoms with Gasteiger partial charge in [0, 0.05) is 26.2 Å². The van der Waals surface area contributed by atoms with E-state index in [4.69, 9.17) is 4.74 Å². The van der Waals surface area contributed by atoms with Crippen LogP contribution in [0.5, 0.6) is 0 Å². The standard InChI is InChI=1S/C14H13F6N3O/c1-24-6-2-5-21-11-4-3-8-9(13(15,16)17)7-10(14(18,19)20)22-12(8)23-11/h3-4,7H,2,5-6H2,1H3,(H,21,22,23)/p+1. The molecule has 0 saturated carbocycles. The van der Waals surface area contributed by atoms with E-state index in [0.29, 0.717) is 19.6 Å². The molecule has 2 N–H and O–H groups in total. The fourth-order valence-electron chi connectivity index (χ4n) is 2.08. The van der Waals surface area contributed by atoms with Crippen molar-refractivity contribution in [3.8, 4) is 0 Å². The molecule has 0 aromatic carbocycles. The van der Waals surface area contributed by atoms with Gasteiger partial charge in [-0.15, -0.1) is 0 Å². The lowest BCUT2D eigenvalue weighted by Crippen LogP contribution is -2.20. The van der Waals surface area contributed by atoms with Crippen LogP contribution in [-0.4, -0.2) is 25.2 Å². The third-order valence-corrected chi connectivity index (χ3v) is 3.16. The number of methoxy groups -OCH3 is 1. The Balaban J connectivity index is 2.46. The van der Waals surface area contributed by atoms with E-state index in [2.05, 4.69) is 15.3 Å². The van der Waals surface area contributed by atoms with Crippen molar-refractivity contribution in [3.63, 3.8) is 0 Å². The molecule has 0 radical (unpaired) electrons. The van der Waals surface area contributed by atoms with Gasteiger partial charge in [0.25, 0.3) is 5.65 Å². The molecule has 10 heteroatoms. The predicted molar refractivity (Wildman–Crippen MR) is 73.3 cm³/mol. The van der Waals surface area contributed by atoms with Gasteiger partial charge in [-0.25, -0.2) is 4.98 Å². The number of rotatable bonds is 5. The second-order valence-electron chi connectivity index (χ2n) is 4.96. The lowest BCUT2D eigenvalue weighted by atomic mass is 10.1. The smallest absolute Gasteiger partial charge is 0.385 e. The molecular weight excluding hydrogens is 340 g/mol. The molecule has 0 unspecified atom stereocenters. The van der Waals surface area contributed by atoms with Crippen LogP contribution in [0.25, 0.3) is 11.0 Å². The monoisotopic (exact) mass is 354 g/mol. The highest BCUT2D eigenvalue weighted by molar-refractivity contribution is 5.78. The number of nitrogens with zero attached hydrogens (tertiary/aromatic N) is 1. The van der Waals surface area contributed by atoms with Gasteiger partial charge >= 0.3 is 12.4 Å². The number of aromatic amines is 1. The summed E-state index contributed by atoms with van der Waals surface area (Å²) in [4.78, 5) is 5.75. The number of pyridine rings is 2. The number of anilines is 1. The Morgan fingerprint density at radius 1 is 1.12 bits per heavy atom. The Labute approximate surface area is 132 Å². The van der Waals surface area contributed by atoms with E-state index in [0.717, 1.165) is 6.07 Å². The first kappa shape index (κ1) is 18.2. The Morgan fingerprint density at radius 3 is 2.42 bits per heavy atom. The van der Waals surface area contributed by atoms with Crippen LogP contribution in [0.15, 0.2) is 18.2 Å². The molecule has 2 aromatic rings. The summed E-state index contributed by atoms with van der Waals surface area (Å²) in [6.45, 7) is 0.899. The molecule has 2 aromatic heterocycles. The summed E-state index contributed by atoms with van der Waals surface area (Å²) in [6, 6.07) is 2.42. The van der Waals surface area contributed by atoms with Gasteiger partial charge in [0.05, 0.1) is 17.5 Å². The zero-order valence-corrected chi connectivity index (χ0v) is 12.5.